The molecule has 0 saturated carbocycles. The lowest BCUT2D eigenvalue weighted by Crippen LogP contribution is -2.11. The first-order valence-corrected chi connectivity index (χ1v) is 8.29. The molecule has 0 aliphatic carbocycles. The third-order valence-corrected chi connectivity index (χ3v) is 4.82. The molecule has 1 heterocycles. The SMILES string of the molecule is CC(c1cccc(C(=O)O)c1F)n1ccc2cc(C(F)(F)F)cc(Br)c21. The van der Waals surface area contributed by atoms with Crippen molar-refractivity contribution < 1.29 is 27.5 Å². The normalized spacial score (nSPS) is 13.2. The molecule has 2 aromatic carbocycles. The summed E-state index contributed by atoms with van der Waals surface area (Å²) < 4.78 is 55.2. The number of benzene rings is 2. The maximum atomic E-state index is 14.5. The van der Waals surface area contributed by atoms with Gasteiger partial charge < -0.3 is 9.67 Å². The Balaban J connectivity index is 2.15. The molecule has 1 N–H and O–H groups in total. The minimum absolute atomic E-state index is 0.134. The Morgan fingerprint density at radius 1 is 1.23 bits per heavy atom. The monoisotopic (exact) mass is 429 g/mol. The quantitative estimate of drug-likeness (QED) is 0.529. The molecular formula is C18H12BrF4NO2. The predicted octanol–water partition coefficient (Wildman–Crippen LogP) is 5.87. The largest absolute Gasteiger partial charge is 0.478 e. The molecule has 3 rings (SSSR count). The second-order valence-electron chi connectivity index (χ2n) is 5.81. The summed E-state index contributed by atoms with van der Waals surface area (Å²) in [5.41, 5.74) is -0.648. The van der Waals surface area contributed by atoms with Crippen molar-refractivity contribution in [3.63, 3.8) is 0 Å². The summed E-state index contributed by atoms with van der Waals surface area (Å²) >= 11 is 3.16. The summed E-state index contributed by atoms with van der Waals surface area (Å²) in [4.78, 5) is 11.1. The molecule has 0 radical (unpaired) electrons. The molecule has 0 spiro atoms. The van der Waals surface area contributed by atoms with Crippen molar-refractivity contribution >= 4 is 32.8 Å². The highest BCUT2D eigenvalue weighted by Crippen LogP contribution is 2.37. The van der Waals surface area contributed by atoms with Gasteiger partial charge in [0, 0.05) is 21.6 Å². The first-order valence-electron chi connectivity index (χ1n) is 7.50. The Kier molecular flexibility index (Phi) is 4.56. The van der Waals surface area contributed by atoms with Crippen LogP contribution in [0, 0.1) is 5.82 Å². The van der Waals surface area contributed by atoms with Gasteiger partial charge >= 0.3 is 12.1 Å². The third kappa shape index (κ3) is 3.09. The number of alkyl halides is 3. The molecule has 136 valence electrons. The van der Waals surface area contributed by atoms with E-state index in [9.17, 15) is 22.4 Å². The molecule has 1 aromatic heterocycles. The lowest BCUT2D eigenvalue weighted by atomic mass is 10.0. The maximum Gasteiger partial charge on any atom is 0.416 e. The van der Waals surface area contributed by atoms with Crippen LogP contribution in [0.4, 0.5) is 17.6 Å². The van der Waals surface area contributed by atoms with E-state index >= 15 is 0 Å². The standard InChI is InChI=1S/C18H12BrF4NO2/c1-9(12-3-2-4-13(15(12)20)17(25)26)24-6-5-10-7-11(18(21,22)23)8-14(19)16(10)24/h2-9H,1H3,(H,25,26). The first kappa shape index (κ1) is 18.4. The van der Waals surface area contributed by atoms with Crippen molar-refractivity contribution in [2.75, 3.05) is 0 Å². The predicted molar refractivity (Wildman–Crippen MR) is 91.8 cm³/mol. The minimum atomic E-state index is -4.48. The Hall–Kier alpha value is -2.35. The Morgan fingerprint density at radius 3 is 2.54 bits per heavy atom. The molecule has 0 saturated heterocycles. The zero-order chi connectivity index (χ0) is 19.2. The number of halogens is 5. The molecule has 8 heteroatoms. The molecule has 26 heavy (non-hydrogen) atoms. The van der Waals surface area contributed by atoms with Gasteiger partial charge in [0.1, 0.15) is 5.82 Å². The smallest absolute Gasteiger partial charge is 0.416 e. The molecule has 0 amide bonds. The average Bonchev–Trinajstić information content (AvgIpc) is 2.98. The topological polar surface area (TPSA) is 42.2 Å². The van der Waals surface area contributed by atoms with E-state index in [1.807, 2.05) is 0 Å². The van der Waals surface area contributed by atoms with Crippen LogP contribution < -0.4 is 0 Å². The van der Waals surface area contributed by atoms with Gasteiger partial charge in [-0.25, -0.2) is 9.18 Å². The molecular weight excluding hydrogens is 418 g/mol. The molecule has 0 aliphatic rings. The van der Waals surface area contributed by atoms with Crippen LogP contribution in [-0.4, -0.2) is 15.6 Å². The van der Waals surface area contributed by atoms with Crippen LogP contribution in [-0.2, 0) is 6.18 Å². The van der Waals surface area contributed by atoms with Gasteiger partial charge in [-0.05, 0) is 47.1 Å². The van der Waals surface area contributed by atoms with Gasteiger partial charge in [-0.1, -0.05) is 12.1 Å². The van der Waals surface area contributed by atoms with E-state index in [-0.39, 0.29) is 10.0 Å². The van der Waals surface area contributed by atoms with Crippen LogP contribution in [0.25, 0.3) is 10.9 Å². The summed E-state index contributed by atoms with van der Waals surface area (Å²) in [6.45, 7) is 1.65. The number of rotatable bonds is 3. The number of aromatic nitrogens is 1. The molecule has 0 aliphatic heterocycles. The molecule has 3 aromatic rings. The van der Waals surface area contributed by atoms with Gasteiger partial charge in [0.25, 0.3) is 0 Å². The van der Waals surface area contributed by atoms with Gasteiger partial charge in [0.2, 0.25) is 0 Å². The second kappa shape index (κ2) is 6.42. The summed E-state index contributed by atoms with van der Waals surface area (Å²) in [7, 11) is 0. The van der Waals surface area contributed by atoms with Crippen LogP contribution >= 0.6 is 15.9 Å². The van der Waals surface area contributed by atoms with E-state index in [1.54, 1.807) is 17.7 Å². The Bertz CT molecular complexity index is 1010. The van der Waals surface area contributed by atoms with E-state index in [0.717, 1.165) is 18.2 Å². The van der Waals surface area contributed by atoms with Crippen LogP contribution in [0.3, 0.4) is 0 Å². The lowest BCUT2D eigenvalue weighted by molar-refractivity contribution is -0.137. The third-order valence-electron chi connectivity index (χ3n) is 4.22. The van der Waals surface area contributed by atoms with Crippen molar-refractivity contribution in [3.05, 3.63) is 69.6 Å². The zero-order valence-corrected chi connectivity index (χ0v) is 14.9. The van der Waals surface area contributed by atoms with Crippen molar-refractivity contribution in [1.29, 1.82) is 0 Å². The van der Waals surface area contributed by atoms with Crippen LogP contribution in [0.5, 0.6) is 0 Å². The fourth-order valence-corrected chi connectivity index (χ4v) is 3.61. The van der Waals surface area contributed by atoms with Gasteiger partial charge in [-0.15, -0.1) is 0 Å². The van der Waals surface area contributed by atoms with Crippen molar-refractivity contribution in [3.8, 4) is 0 Å². The number of carbonyl (C=O) groups is 1. The fraction of sp³-hybridized carbons (Fsp3) is 0.167. The van der Waals surface area contributed by atoms with E-state index in [1.165, 1.54) is 18.2 Å². The van der Waals surface area contributed by atoms with Crippen LogP contribution in [0.2, 0.25) is 0 Å². The number of hydrogen-bond acceptors (Lipinski definition) is 1. The van der Waals surface area contributed by atoms with Gasteiger partial charge in [-0.2, -0.15) is 13.2 Å². The molecule has 1 unspecified atom stereocenters. The second-order valence-corrected chi connectivity index (χ2v) is 6.66. The number of nitrogens with zero attached hydrogens (tertiary/aromatic N) is 1. The van der Waals surface area contributed by atoms with Crippen molar-refractivity contribution in [2.45, 2.75) is 19.1 Å². The Morgan fingerprint density at radius 2 is 1.92 bits per heavy atom. The summed E-state index contributed by atoms with van der Waals surface area (Å²) in [6.07, 6.45) is -2.93. The lowest BCUT2D eigenvalue weighted by Gasteiger charge is -2.18. The fourth-order valence-electron chi connectivity index (χ4n) is 2.93. The first-order chi connectivity index (χ1) is 12.1. The molecule has 0 bridgehead atoms. The average molecular weight is 430 g/mol. The van der Waals surface area contributed by atoms with Gasteiger partial charge in [0.15, 0.2) is 0 Å². The van der Waals surface area contributed by atoms with E-state index < -0.39 is 35.1 Å². The number of carboxylic acids is 1. The van der Waals surface area contributed by atoms with Crippen molar-refractivity contribution in [2.24, 2.45) is 0 Å². The number of aromatic carboxylic acids is 1. The zero-order valence-electron chi connectivity index (χ0n) is 13.3. The minimum Gasteiger partial charge on any atom is -0.478 e. The summed E-state index contributed by atoms with van der Waals surface area (Å²) in [5.74, 6) is -2.25. The molecule has 3 nitrogen and oxygen atoms in total. The summed E-state index contributed by atoms with van der Waals surface area (Å²) in [5, 5.41) is 9.41. The van der Waals surface area contributed by atoms with E-state index in [4.69, 9.17) is 5.11 Å². The van der Waals surface area contributed by atoms with Crippen molar-refractivity contribution in [1.82, 2.24) is 4.57 Å². The molecule has 0 fully saturated rings. The van der Waals surface area contributed by atoms with E-state index in [0.29, 0.717) is 10.9 Å². The number of carboxylic acid groups (broad SMARTS) is 1. The molecule has 1 atom stereocenters. The van der Waals surface area contributed by atoms with E-state index in [2.05, 4.69) is 15.9 Å². The Labute approximate surface area is 154 Å². The highest BCUT2D eigenvalue weighted by molar-refractivity contribution is 9.10. The van der Waals surface area contributed by atoms with Crippen LogP contribution in [0.1, 0.15) is 34.5 Å². The maximum absolute atomic E-state index is 14.5. The number of fused-ring (bicyclic) bond motifs is 1. The highest BCUT2D eigenvalue weighted by atomic mass is 79.9. The van der Waals surface area contributed by atoms with Gasteiger partial charge in [0.05, 0.1) is 22.7 Å². The highest BCUT2D eigenvalue weighted by Gasteiger charge is 2.32. The summed E-state index contributed by atoms with van der Waals surface area (Å²) in [6, 6.07) is 6.91. The van der Waals surface area contributed by atoms with Gasteiger partial charge in [-0.3, -0.25) is 0 Å². The van der Waals surface area contributed by atoms with Crippen LogP contribution in [0.15, 0.2) is 47.1 Å². The number of hydrogen-bond donors (Lipinski definition) is 1.